The van der Waals surface area contributed by atoms with E-state index in [2.05, 4.69) is 5.32 Å². The Morgan fingerprint density at radius 1 is 1.48 bits per heavy atom. The van der Waals surface area contributed by atoms with Crippen molar-refractivity contribution >= 4 is 23.5 Å². The molecule has 21 heavy (non-hydrogen) atoms. The van der Waals surface area contributed by atoms with Crippen LogP contribution < -0.4 is 5.32 Å². The molecule has 116 valence electrons. The molecule has 1 atom stereocenters. The van der Waals surface area contributed by atoms with Gasteiger partial charge in [-0.2, -0.15) is 0 Å². The van der Waals surface area contributed by atoms with E-state index in [1.807, 2.05) is 18.4 Å². The van der Waals surface area contributed by atoms with Gasteiger partial charge in [-0.1, -0.05) is 25.4 Å². The molecule has 2 rings (SSSR count). The summed E-state index contributed by atoms with van der Waals surface area (Å²) in [6, 6.07) is 1.35. The Morgan fingerprint density at radius 2 is 2.14 bits per heavy atom. The molecule has 6 heteroatoms. The summed E-state index contributed by atoms with van der Waals surface area (Å²) >= 11 is 6.00. The monoisotopic (exact) mass is 312 g/mol. The maximum absolute atomic E-state index is 12.4. The molecule has 1 unspecified atom stereocenters. The van der Waals surface area contributed by atoms with Crippen LogP contribution in [0.2, 0.25) is 5.02 Å². The number of hydrogen-bond acceptors (Lipinski definition) is 3. The summed E-state index contributed by atoms with van der Waals surface area (Å²) in [7, 11) is 1.32. The van der Waals surface area contributed by atoms with E-state index in [1.165, 1.54) is 7.11 Å². The average Bonchev–Trinajstić information content (AvgIpc) is 3.19. The third kappa shape index (κ3) is 4.00. The molecule has 0 aromatic carbocycles. The van der Waals surface area contributed by atoms with Gasteiger partial charge in [0.25, 0.3) is 5.91 Å². The first kappa shape index (κ1) is 15.9. The number of rotatable bonds is 6. The van der Waals surface area contributed by atoms with Crippen LogP contribution >= 0.6 is 11.6 Å². The van der Waals surface area contributed by atoms with E-state index in [9.17, 15) is 9.59 Å². The number of ether oxygens (including phenoxy) is 1. The highest BCUT2D eigenvalue weighted by Gasteiger charge is 2.30. The lowest BCUT2D eigenvalue weighted by Crippen LogP contribution is -2.43. The van der Waals surface area contributed by atoms with Gasteiger partial charge in [0.2, 0.25) is 0 Å². The fourth-order valence-corrected chi connectivity index (χ4v) is 2.55. The molecule has 1 N–H and O–H groups in total. The van der Waals surface area contributed by atoms with Crippen LogP contribution in [0.15, 0.2) is 12.3 Å². The molecule has 1 saturated carbocycles. The van der Waals surface area contributed by atoms with Gasteiger partial charge in [-0.15, -0.1) is 0 Å². The summed E-state index contributed by atoms with van der Waals surface area (Å²) in [4.78, 5) is 24.2. The minimum absolute atomic E-state index is 0.271. The second-order valence-corrected chi connectivity index (χ2v) is 6.30. The van der Waals surface area contributed by atoms with Crippen molar-refractivity contribution < 1.29 is 14.3 Å². The number of esters is 1. The van der Waals surface area contributed by atoms with E-state index >= 15 is 0 Å². The smallest absolute Gasteiger partial charge is 0.328 e. The summed E-state index contributed by atoms with van der Waals surface area (Å²) in [5, 5.41) is 3.29. The van der Waals surface area contributed by atoms with Crippen molar-refractivity contribution in [3.05, 3.63) is 23.0 Å². The zero-order chi connectivity index (χ0) is 15.6. The lowest BCUT2D eigenvalue weighted by molar-refractivity contribution is -0.143. The van der Waals surface area contributed by atoms with Gasteiger partial charge in [-0.3, -0.25) is 4.79 Å². The van der Waals surface area contributed by atoms with E-state index in [0.717, 1.165) is 12.8 Å². The molecule has 5 nitrogen and oxygen atoms in total. The topological polar surface area (TPSA) is 60.3 Å². The molecule has 0 saturated heterocycles. The van der Waals surface area contributed by atoms with Crippen LogP contribution in [0.25, 0.3) is 0 Å². The standard InChI is InChI=1S/C15H21ClN2O3/c1-9(2)6-12(15(20)21-3)17-14(19)13-7-10(16)8-18(13)11-4-5-11/h7-9,11-12H,4-6H2,1-3H3,(H,17,19). The highest BCUT2D eigenvalue weighted by molar-refractivity contribution is 6.31. The largest absolute Gasteiger partial charge is 0.467 e. The Labute approximate surface area is 129 Å². The molecular formula is C15H21ClN2O3. The van der Waals surface area contributed by atoms with Crippen LogP contribution in [0.1, 0.15) is 49.6 Å². The second kappa shape index (κ2) is 6.52. The molecule has 1 heterocycles. The van der Waals surface area contributed by atoms with Gasteiger partial charge in [-0.05, 0) is 31.2 Å². The van der Waals surface area contributed by atoms with Crippen LogP contribution in [0, 0.1) is 5.92 Å². The molecule has 0 radical (unpaired) electrons. The zero-order valence-electron chi connectivity index (χ0n) is 12.6. The maximum Gasteiger partial charge on any atom is 0.328 e. The molecule has 0 bridgehead atoms. The average molecular weight is 313 g/mol. The van der Waals surface area contributed by atoms with Crippen molar-refractivity contribution in [2.45, 2.75) is 45.2 Å². The number of methoxy groups -OCH3 is 1. The molecule has 1 aromatic heterocycles. The lowest BCUT2D eigenvalue weighted by Gasteiger charge is -2.18. The number of hydrogen-bond donors (Lipinski definition) is 1. The lowest BCUT2D eigenvalue weighted by atomic mass is 10.0. The summed E-state index contributed by atoms with van der Waals surface area (Å²) in [6.07, 6.45) is 4.41. The SMILES string of the molecule is COC(=O)C(CC(C)C)NC(=O)c1cc(Cl)cn1C1CC1. The van der Waals surface area contributed by atoms with E-state index in [0.29, 0.717) is 23.2 Å². The fraction of sp³-hybridized carbons (Fsp3) is 0.600. The van der Waals surface area contributed by atoms with Crippen LogP contribution in [0.5, 0.6) is 0 Å². The Balaban J connectivity index is 2.13. The number of aromatic nitrogens is 1. The minimum Gasteiger partial charge on any atom is -0.467 e. The van der Waals surface area contributed by atoms with Crippen LogP contribution in [0.4, 0.5) is 0 Å². The summed E-state index contributed by atoms with van der Waals surface area (Å²) in [6.45, 7) is 3.98. The third-order valence-corrected chi connectivity index (χ3v) is 3.69. The predicted octanol–water partition coefficient (Wildman–Crippen LogP) is 2.79. The first-order valence-corrected chi connectivity index (χ1v) is 7.56. The van der Waals surface area contributed by atoms with Gasteiger partial charge in [-0.25, -0.2) is 4.79 Å². The van der Waals surface area contributed by atoms with Gasteiger partial charge < -0.3 is 14.6 Å². The molecule has 1 amide bonds. The maximum atomic E-state index is 12.4. The third-order valence-electron chi connectivity index (χ3n) is 3.49. The van der Waals surface area contributed by atoms with Gasteiger partial charge in [0, 0.05) is 12.2 Å². The number of carbonyl (C=O) groups is 2. The first-order chi connectivity index (χ1) is 9.92. The number of nitrogens with zero attached hydrogens (tertiary/aromatic N) is 1. The van der Waals surface area contributed by atoms with E-state index in [1.54, 1.807) is 12.3 Å². The highest BCUT2D eigenvalue weighted by Crippen LogP contribution is 2.37. The Bertz CT molecular complexity index is 535. The van der Waals surface area contributed by atoms with Gasteiger partial charge in [0.05, 0.1) is 12.1 Å². The number of halogens is 1. The van der Waals surface area contributed by atoms with E-state index in [-0.39, 0.29) is 11.8 Å². The second-order valence-electron chi connectivity index (χ2n) is 5.86. The van der Waals surface area contributed by atoms with E-state index in [4.69, 9.17) is 16.3 Å². The fourth-order valence-electron chi connectivity index (χ4n) is 2.34. The molecular weight excluding hydrogens is 292 g/mol. The van der Waals surface area contributed by atoms with E-state index < -0.39 is 12.0 Å². The molecule has 1 aromatic rings. The van der Waals surface area contributed by atoms with Crippen molar-refractivity contribution in [1.82, 2.24) is 9.88 Å². The molecule has 1 aliphatic rings. The summed E-state index contributed by atoms with van der Waals surface area (Å²) in [5.41, 5.74) is 0.500. The van der Waals surface area contributed by atoms with Gasteiger partial charge >= 0.3 is 5.97 Å². The van der Waals surface area contributed by atoms with Gasteiger partial charge in [0.1, 0.15) is 11.7 Å². The zero-order valence-corrected chi connectivity index (χ0v) is 13.3. The highest BCUT2D eigenvalue weighted by atomic mass is 35.5. The molecule has 1 fully saturated rings. The minimum atomic E-state index is -0.635. The molecule has 1 aliphatic carbocycles. The number of amides is 1. The van der Waals surface area contributed by atoms with Crippen molar-refractivity contribution in [2.75, 3.05) is 7.11 Å². The van der Waals surface area contributed by atoms with Crippen LogP contribution in [-0.2, 0) is 9.53 Å². The number of carbonyl (C=O) groups excluding carboxylic acids is 2. The van der Waals surface area contributed by atoms with Gasteiger partial charge in [0.15, 0.2) is 0 Å². The quantitative estimate of drug-likeness (QED) is 0.822. The van der Waals surface area contributed by atoms with Crippen molar-refractivity contribution in [2.24, 2.45) is 5.92 Å². The Morgan fingerprint density at radius 3 is 2.67 bits per heavy atom. The summed E-state index contributed by atoms with van der Waals surface area (Å²) in [5.74, 6) is -0.439. The Hall–Kier alpha value is -1.49. The predicted molar refractivity (Wildman–Crippen MR) is 80.4 cm³/mol. The molecule has 0 aliphatic heterocycles. The number of nitrogens with one attached hydrogen (secondary N) is 1. The Kier molecular flexibility index (Phi) is 4.93. The normalized spacial score (nSPS) is 15.9. The first-order valence-electron chi connectivity index (χ1n) is 7.18. The van der Waals surface area contributed by atoms with Crippen molar-refractivity contribution in [3.8, 4) is 0 Å². The summed E-state index contributed by atoms with van der Waals surface area (Å²) < 4.78 is 6.65. The van der Waals surface area contributed by atoms with Crippen LogP contribution in [0.3, 0.4) is 0 Å². The molecule has 0 spiro atoms. The van der Waals surface area contributed by atoms with Crippen molar-refractivity contribution in [3.63, 3.8) is 0 Å². The van der Waals surface area contributed by atoms with Crippen molar-refractivity contribution in [1.29, 1.82) is 0 Å². The van der Waals surface area contributed by atoms with Crippen LogP contribution in [-0.4, -0.2) is 29.6 Å².